The molecule has 1 aromatic carbocycles. The van der Waals surface area contributed by atoms with Crippen molar-refractivity contribution in [2.45, 2.75) is 19.8 Å². The van der Waals surface area contributed by atoms with Gasteiger partial charge in [-0.15, -0.1) is 0 Å². The molecule has 0 radical (unpaired) electrons. The molecule has 3 N–H and O–H groups in total. The maximum atomic E-state index is 10.7. The molecule has 1 aliphatic heterocycles. The molecule has 0 amide bonds. The average molecular weight is 278 g/mol. The van der Waals surface area contributed by atoms with Gasteiger partial charge in [-0.3, -0.25) is 10.1 Å². The number of nitro benzene ring substituents is 1. The first kappa shape index (κ1) is 14.6. The molecule has 0 atom stereocenters. The first-order valence-corrected chi connectivity index (χ1v) is 7.10. The van der Waals surface area contributed by atoms with Crippen LogP contribution in [0.2, 0.25) is 0 Å². The van der Waals surface area contributed by atoms with Gasteiger partial charge in [0.25, 0.3) is 5.69 Å². The van der Waals surface area contributed by atoms with Gasteiger partial charge in [0.15, 0.2) is 0 Å². The Balaban J connectivity index is 1.85. The average Bonchev–Trinajstić information content (AvgIpc) is 2.45. The van der Waals surface area contributed by atoms with Crippen LogP contribution in [-0.2, 0) is 0 Å². The Morgan fingerprint density at radius 3 is 2.70 bits per heavy atom. The number of piperidine rings is 1. The van der Waals surface area contributed by atoms with E-state index in [9.17, 15) is 10.1 Å². The minimum Gasteiger partial charge on any atom is -0.393 e. The van der Waals surface area contributed by atoms with Crippen LogP contribution in [0, 0.1) is 16.0 Å². The minimum absolute atomic E-state index is 0.0354. The summed E-state index contributed by atoms with van der Waals surface area (Å²) in [4.78, 5) is 12.7. The molecule has 0 aromatic heterocycles. The summed E-state index contributed by atoms with van der Waals surface area (Å²) in [6.07, 6.45) is 2.40. The van der Waals surface area contributed by atoms with Gasteiger partial charge in [-0.2, -0.15) is 0 Å². The summed E-state index contributed by atoms with van der Waals surface area (Å²) in [7, 11) is 0. The van der Waals surface area contributed by atoms with Crippen LogP contribution in [-0.4, -0.2) is 36.0 Å². The van der Waals surface area contributed by atoms with Crippen LogP contribution >= 0.6 is 0 Å². The van der Waals surface area contributed by atoms with Gasteiger partial charge in [0.05, 0.1) is 4.92 Å². The first-order valence-electron chi connectivity index (χ1n) is 7.10. The fourth-order valence-electron chi connectivity index (χ4n) is 2.60. The summed E-state index contributed by atoms with van der Waals surface area (Å²) in [5, 5.41) is 14.0. The highest BCUT2D eigenvalue weighted by atomic mass is 16.6. The largest absolute Gasteiger partial charge is 0.393 e. The predicted molar refractivity (Wildman–Crippen MR) is 80.8 cm³/mol. The van der Waals surface area contributed by atoms with Crippen LogP contribution in [0.4, 0.5) is 17.1 Å². The maximum absolute atomic E-state index is 10.7. The van der Waals surface area contributed by atoms with Crippen LogP contribution in [0.1, 0.15) is 19.8 Å². The number of hydrogen-bond acceptors (Lipinski definition) is 5. The molecule has 2 rings (SSSR count). The van der Waals surface area contributed by atoms with Crippen molar-refractivity contribution in [3.8, 4) is 0 Å². The van der Waals surface area contributed by atoms with Crippen molar-refractivity contribution in [3.05, 3.63) is 28.3 Å². The van der Waals surface area contributed by atoms with Crippen LogP contribution in [0.3, 0.4) is 0 Å². The third-order valence-corrected chi connectivity index (χ3v) is 3.97. The Bertz CT molecular complexity index is 470. The normalized spacial score (nSPS) is 17.1. The van der Waals surface area contributed by atoms with Crippen molar-refractivity contribution in [3.63, 3.8) is 0 Å². The zero-order chi connectivity index (χ0) is 14.5. The lowest BCUT2D eigenvalue weighted by molar-refractivity contribution is -0.383. The second-order valence-electron chi connectivity index (χ2n) is 5.29. The SMILES string of the molecule is CCN1CCC(CNc2ccc([N+](=O)[O-])c(N)c2)CC1. The topological polar surface area (TPSA) is 84.4 Å². The van der Waals surface area contributed by atoms with Gasteiger partial charge in [-0.25, -0.2) is 0 Å². The van der Waals surface area contributed by atoms with Gasteiger partial charge in [-0.05, 0) is 50.5 Å². The van der Waals surface area contributed by atoms with Crippen molar-refractivity contribution >= 4 is 17.1 Å². The van der Waals surface area contributed by atoms with Crippen LogP contribution in [0.5, 0.6) is 0 Å². The molecule has 1 aromatic rings. The number of nitrogens with two attached hydrogens (primary N) is 1. The van der Waals surface area contributed by atoms with E-state index in [0.717, 1.165) is 31.9 Å². The quantitative estimate of drug-likeness (QED) is 0.490. The number of nitro groups is 1. The highest BCUT2D eigenvalue weighted by molar-refractivity contribution is 5.65. The zero-order valence-electron chi connectivity index (χ0n) is 11.8. The number of nitrogens with one attached hydrogen (secondary N) is 1. The van der Waals surface area contributed by atoms with E-state index in [-0.39, 0.29) is 11.4 Å². The fraction of sp³-hybridized carbons (Fsp3) is 0.571. The molecule has 20 heavy (non-hydrogen) atoms. The number of benzene rings is 1. The van der Waals surface area contributed by atoms with Gasteiger partial charge >= 0.3 is 0 Å². The molecule has 6 heteroatoms. The lowest BCUT2D eigenvalue weighted by Gasteiger charge is -2.31. The molecule has 1 heterocycles. The zero-order valence-corrected chi connectivity index (χ0v) is 11.8. The van der Waals surface area contributed by atoms with E-state index in [0.29, 0.717) is 5.92 Å². The number of rotatable bonds is 5. The van der Waals surface area contributed by atoms with E-state index in [1.807, 2.05) is 0 Å². The molecule has 0 spiro atoms. The monoisotopic (exact) mass is 278 g/mol. The summed E-state index contributed by atoms with van der Waals surface area (Å²) in [6.45, 7) is 6.53. The van der Waals surface area contributed by atoms with E-state index in [1.165, 1.54) is 18.9 Å². The first-order chi connectivity index (χ1) is 9.60. The highest BCUT2D eigenvalue weighted by Gasteiger charge is 2.18. The van der Waals surface area contributed by atoms with E-state index < -0.39 is 4.92 Å². The van der Waals surface area contributed by atoms with Gasteiger partial charge in [0.2, 0.25) is 0 Å². The molecular formula is C14H22N4O2. The lowest BCUT2D eigenvalue weighted by Crippen LogP contribution is -2.35. The summed E-state index contributed by atoms with van der Waals surface area (Å²) in [6, 6.07) is 4.81. The summed E-state index contributed by atoms with van der Waals surface area (Å²) in [5.74, 6) is 0.661. The van der Waals surface area contributed by atoms with Gasteiger partial charge < -0.3 is 16.0 Å². The number of nitrogens with zero attached hydrogens (tertiary/aromatic N) is 2. The van der Waals surface area contributed by atoms with Crippen molar-refractivity contribution in [1.82, 2.24) is 4.90 Å². The van der Waals surface area contributed by atoms with Crippen LogP contribution in [0.25, 0.3) is 0 Å². The molecule has 0 aliphatic carbocycles. The molecule has 0 bridgehead atoms. The summed E-state index contributed by atoms with van der Waals surface area (Å²) in [5.41, 5.74) is 6.71. The second kappa shape index (κ2) is 6.56. The van der Waals surface area contributed by atoms with Crippen LogP contribution in [0.15, 0.2) is 18.2 Å². The van der Waals surface area contributed by atoms with Gasteiger partial charge in [-0.1, -0.05) is 6.92 Å². The molecule has 6 nitrogen and oxygen atoms in total. The number of hydrogen-bond donors (Lipinski definition) is 2. The van der Waals surface area contributed by atoms with Gasteiger partial charge in [0.1, 0.15) is 5.69 Å². The van der Waals surface area contributed by atoms with Crippen LogP contribution < -0.4 is 11.1 Å². The minimum atomic E-state index is -0.459. The number of likely N-dealkylation sites (tertiary alicyclic amines) is 1. The van der Waals surface area contributed by atoms with Crippen molar-refractivity contribution < 1.29 is 4.92 Å². The second-order valence-corrected chi connectivity index (χ2v) is 5.29. The molecule has 0 unspecified atom stereocenters. The number of nitrogen functional groups attached to an aromatic ring is 1. The fourth-order valence-corrected chi connectivity index (χ4v) is 2.60. The maximum Gasteiger partial charge on any atom is 0.292 e. The molecule has 1 saturated heterocycles. The molecular weight excluding hydrogens is 256 g/mol. The van der Waals surface area contributed by atoms with Crippen molar-refractivity contribution in [2.75, 3.05) is 37.2 Å². The highest BCUT2D eigenvalue weighted by Crippen LogP contribution is 2.25. The smallest absolute Gasteiger partial charge is 0.292 e. The standard InChI is InChI=1S/C14H22N4O2/c1-2-17-7-5-11(6-8-17)10-16-12-3-4-14(18(19)20)13(15)9-12/h3-4,9,11,16H,2,5-8,10,15H2,1H3. The Morgan fingerprint density at radius 2 is 2.15 bits per heavy atom. The molecule has 110 valence electrons. The Labute approximate surface area is 119 Å². The molecule has 1 aliphatic rings. The Morgan fingerprint density at radius 1 is 1.45 bits per heavy atom. The number of anilines is 2. The Hall–Kier alpha value is -1.82. The predicted octanol–water partition coefficient (Wildman–Crippen LogP) is 2.32. The van der Waals surface area contributed by atoms with E-state index in [2.05, 4.69) is 17.1 Å². The van der Waals surface area contributed by atoms with E-state index >= 15 is 0 Å². The van der Waals surface area contributed by atoms with Crippen molar-refractivity contribution in [1.29, 1.82) is 0 Å². The van der Waals surface area contributed by atoms with Crippen molar-refractivity contribution in [2.24, 2.45) is 5.92 Å². The Kier molecular flexibility index (Phi) is 4.79. The third-order valence-electron chi connectivity index (χ3n) is 3.97. The van der Waals surface area contributed by atoms with Gasteiger partial charge in [0, 0.05) is 18.3 Å². The summed E-state index contributed by atoms with van der Waals surface area (Å²) >= 11 is 0. The molecule has 1 fully saturated rings. The lowest BCUT2D eigenvalue weighted by atomic mass is 9.97. The van der Waals surface area contributed by atoms with E-state index in [1.54, 1.807) is 12.1 Å². The third kappa shape index (κ3) is 3.60. The summed E-state index contributed by atoms with van der Waals surface area (Å²) < 4.78 is 0. The molecule has 0 saturated carbocycles. The van der Waals surface area contributed by atoms with E-state index in [4.69, 9.17) is 5.73 Å².